The van der Waals surface area contributed by atoms with Gasteiger partial charge in [-0.25, -0.2) is 4.52 Å². The molecule has 2 aromatic rings. The molecule has 2 saturated heterocycles. The maximum absolute atomic E-state index is 9.21. The van der Waals surface area contributed by atoms with Gasteiger partial charge in [-0.15, -0.1) is 0 Å². The predicted octanol–water partition coefficient (Wildman–Crippen LogP) is 0.688. The lowest BCUT2D eigenvalue weighted by atomic mass is 10.0. The van der Waals surface area contributed by atoms with Gasteiger partial charge in [0.15, 0.2) is 0 Å². The van der Waals surface area contributed by atoms with Gasteiger partial charge < -0.3 is 10.2 Å². The van der Waals surface area contributed by atoms with Crippen LogP contribution >= 0.6 is 0 Å². The lowest BCUT2D eigenvalue weighted by molar-refractivity contribution is 0.0971. The van der Waals surface area contributed by atoms with Crippen molar-refractivity contribution >= 4 is 11.2 Å². The van der Waals surface area contributed by atoms with Crippen LogP contribution in [-0.4, -0.2) is 59.3 Å². The number of hydrogen-bond acceptors (Lipinski definition) is 5. The van der Waals surface area contributed by atoms with Crippen molar-refractivity contribution in [2.75, 3.05) is 37.6 Å². The normalized spacial score (nSPS) is 25.9. The highest BCUT2D eigenvalue weighted by Crippen LogP contribution is 2.27. The Morgan fingerprint density at radius 2 is 2.23 bits per heavy atom. The van der Waals surface area contributed by atoms with Crippen molar-refractivity contribution in [1.82, 2.24) is 19.8 Å². The number of hydrogen-bond donors (Lipinski definition) is 1. The molecular weight excluding hydrogens is 276 g/mol. The van der Waals surface area contributed by atoms with Gasteiger partial charge in [0.05, 0.1) is 17.4 Å². The average Bonchev–Trinajstić information content (AvgIpc) is 3.03. The van der Waals surface area contributed by atoms with E-state index in [0.29, 0.717) is 17.8 Å². The van der Waals surface area contributed by atoms with E-state index in [9.17, 15) is 5.26 Å². The topological polar surface area (TPSA) is 59.6 Å². The van der Waals surface area contributed by atoms with Gasteiger partial charge in [0.2, 0.25) is 0 Å². The van der Waals surface area contributed by atoms with Crippen molar-refractivity contribution in [3.8, 4) is 6.07 Å². The first kappa shape index (κ1) is 13.6. The molecule has 1 N–H and O–H groups in total. The number of pyridine rings is 1. The Bertz CT molecular complexity index is 730. The van der Waals surface area contributed by atoms with Crippen LogP contribution in [0.15, 0.2) is 24.4 Å². The largest absolute Gasteiger partial charge is 0.367 e. The zero-order valence-electron chi connectivity index (χ0n) is 12.7. The highest BCUT2D eigenvalue weighted by atomic mass is 15.3. The molecule has 6 heteroatoms. The molecule has 0 spiro atoms. The van der Waals surface area contributed by atoms with Crippen LogP contribution in [0.5, 0.6) is 0 Å². The zero-order chi connectivity index (χ0) is 15.1. The molecule has 22 heavy (non-hydrogen) atoms. The number of nitrogens with one attached hydrogen (secondary N) is 1. The summed E-state index contributed by atoms with van der Waals surface area (Å²) in [5.74, 6) is 0. The first-order chi connectivity index (χ1) is 10.8. The van der Waals surface area contributed by atoms with Crippen LogP contribution in [0, 0.1) is 11.3 Å². The highest BCUT2D eigenvalue weighted by Gasteiger charge is 2.34. The summed E-state index contributed by atoms with van der Waals surface area (Å²) < 4.78 is 1.74. The van der Waals surface area contributed by atoms with Crippen LogP contribution in [0.1, 0.15) is 12.6 Å². The first-order valence-electron chi connectivity index (χ1n) is 7.86. The van der Waals surface area contributed by atoms with Gasteiger partial charge >= 0.3 is 0 Å². The lowest BCUT2D eigenvalue weighted by Crippen LogP contribution is -2.64. The summed E-state index contributed by atoms with van der Waals surface area (Å²) >= 11 is 0. The number of nitrogens with zero attached hydrogens (tertiary/aromatic N) is 5. The quantitative estimate of drug-likeness (QED) is 0.839. The minimum Gasteiger partial charge on any atom is -0.367 e. The third kappa shape index (κ3) is 2.05. The van der Waals surface area contributed by atoms with Crippen molar-refractivity contribution < 1.29 is 0 Å². The van der Waals surface area contributed by atoms with Gasteiger partial charge in [-0.05, 0) is 25.1 Å². The minimum absolute atomic E-state index is 0.541. The van der Waals surface area contributed by atoms with E-state index in [1.807, 2.05) is 12.1 Å². The van der Waals surface area contributed by atoms with E-state index >= 15 is 0 Å². The molecule has 0 bridgehead atoms. The molecule has 0 radical (unpaired) electrons. The summed E-state index contributed by atoms with van der Waals surface area (Å²) in [5.41, 5.74) is 2.77. The molecule has 2 aromatic heterocycles. The maximum atomic E-state index is 9.21. The van der Waals surface area contributed by atoms with E-state index < -0.39 is 0 Å². The van der Waals surface area contributed by atoms with E-state index in [0.717, 1.165) is 38.2 Å². The Morgan fingerprint density at radius 1 is 1.32 bits per heavy atom. The standard InChI is InChI=1S/C16H20N6/c1-12-10-20(11-14-9-18-6-7-21(12)14)15-3-2-13(8-17)22-16(15)4-5-19-22/h2-5,12,14,18H,6-7,9-11H2,1H3. The van der Waals surface area contributed by atoms with Crippen molar-refractivity contribution in [3.05, 3.63) is 30.1 Å². The summed E-state index contributed by atoms with van der Waals surface area (Å²) in [6.07, 6.45) is 1.77. The molecule has 0 aromatic carbocycles. The van der Waals surface area contributed by atoms with Crippen LogP contribution in [0.4, 0.5) is 5.69 Å². The van der Waals surface area contributed by atoms with E-state index in [2.05, 4.69) is 39.3 Å². The Morgan fingerprint density at radius 3 is 3.09 bits per heavy atom. The number of fused-ring (bicyclic) bond motifs is 2. The molecule has 2 aliphatic heterocycles. The fourth-order valence-electron chi connectivity index (χ4n) is 3.83. The first-order valence-corrected chi connectivity index (χ1v) is 7.86. The highest BCUT2D eigenvalue weighted by molar-refractivity contribution is 5.74. The number of anilines is 1. The van der Waals surface area contributed by atoms with Crippen molar-refractivity contribution in [1.29, 1.82) is 5.26 Å². The van der Waals surface area contributed by atoms with Gasteiger partial charge in [0.1, 0.15) is 11.8 Å². The second kappa shape index (κ2) is 5.27. The van der Waals surface area contributed by atoms with Crippen LogP contribution in [0.2, 0.25) is 0 Å². The minimum atomic E-state index is 0.541. The molecule has 0 aliphatic carbocycles. The monoisotopic (exact) mass is 296 g/mol. The van der Waals surface area contributed by atoms with E-state index in [1.165, 1.54) is 5.69 Å². The van der Waals surface area contributed by atoms with Crippen LogP contribution in [-0.2, 0) is 0 Å². The summed E-state index contributed by atoms with van der Waals surface area (Å²) in [6, 6.07) is 9.22. The molecule has 2 aliphatic rings. The van der Waals surface area contributed by atoms with Gasteiger partial charge in [0.25, 0.3) is 0 Å². The number of rotatable bonds is 1. The van der Waals surface area contributed by atoms with E-state index in [-0.39, 0.29) is 0 Å². The molecule has 6 nitrogen and oxygen atoms in total. The Balaban J connectivity index is 1.70. The number of nitriles is 1. The maximum Gasteiger partial charge on any atom is 0.142 e. The predicted molar refractivity (Wildman–Crippen MR) is 84.9 cm³/mol. The van der Waals surface area contributed by atoms with E-state index in [4.69, 9.17) is 0 Å². The molecule has 0 saturated carbocycles. The molecule has 2 fully saturated rings. The summed E-state index contributed by atoms with van der Waals surface area (Å²) in [6.45, 7) is 7.61. The second-order valence-corrected chi connectivity index (χ2v) is 6.19. The SMILES string of the molecule is CC1CN(c2ccc(C#N)n3nccc23)CC2CNCCN12. The molecule has 2 atom stereocenters. The molecule has 2 unspecified atom stereocenters. The van der Waals surface area contributed by atoms with Crippen molar-refractivity contribution in [2.45, 2.75) is 19.0 Å². The van der Waals surface area contributed by atoms with Gasteiger partial charge in [0, 0.05) is 44.8 Å². The van der Waals surface area contributed by atoms with E-state index in [1.54, 1.807) is 10.7 Å². The Hall–Kier alpha value is -2.10. The molecular formula is C16H20N6. The molecule has 114 valence electrons. The van der Waals surface area contributed by atoms with Crippen LogP contribution in [0.25, 0.3) is 5.52 Å². The number of aromatic nitrogens is 2. The molecule has 4 rings (SSSR count). The van der Waals surface area contributed by atoms with Gasteiger partial charge in [-0.3, -0.25) is 4.90 Å². The molecule has 0 amide bonds. The fourth-order valence-corrected chi connectivity index (χ4v) is 3.83. The summed E-state index contributed by atoms with van der Waals surface area (Å²) in [5, 5.41) is 17.0. The molecule has 4 heterocycles. The smallest absolute Gasteiger partial charge is 0.142 e. The Kier molecular flexibility index (Phi) is 3.25. The van der Waals surface area contributed by atoms with Crippen LogP contribution in [0.3, 0.4) is 0 Å². The van der Waals surface area contributed by atoms with Crippen molar-refractivity contribution in [2.24, 2.45) is 0 Å². The van der Waals surface area contributed by atoms with Crippen LogP contribution < -0.4 is 10.2 Å². The fraction of sp³-hybridized carbons (Fsp3) is 0.500. The third-order valence-electron chi connectivity index (χ3n) is 4.87. The summed E-state index contributed by atoms with van der Waals surface area (Å²) in [7, 11) is 0. The van der Waals surface area contributed by atoms with Crippen molar-refractivity contribution in [3.63, 3.8) is 0 Å². The number of piperazine rings is 2. The third-order valence-corrected chi connectivity index (χ3v) is 4.87. The average molecular weight is 296 g/mol. The van der Waals surface area contributed by atoms with Gasteiger partial charge in [-0.1, -0.05) is 0 Å². The summed E-state index contributed by atoms with van der Waals surface area (Å²) in [4.78, 5) is 5.06. The van der Waals surface area contributed by atoms with Gasteiger partial charge in [-0.2, -0.15) is 10.4 Å². The Labute approximate surface area is 129 Å². The zero-order valence-corrected chi connectivity index (χ0v) is 12.7. The lowest BCUT2D eigenvalue weighted by Gasteiger charge is -2.49. The second-order valence-electron chi connectivity index (χ2n) is 6.19.